The number of rotatable bonds is 3. The summed E-state index contributed by atoms with van der Waals surface area (Å²) >= 11 is 0. The van der Waals surface area contributed by atoms with Gasteiger partial charge in [0.15, 0.2) is 0 Å². The van der Waals surface area contributed by atoms with Crippen molar-refractivity contribution < 1.29 is 14.8 Å². The second-order valence-corrected chi connectivity index (χ2v) is 4.90. The summed E-state index contributed by atoms with van der Waals surface area (Å²) < 4.78 is 5.44. The van der Waals surface area contributed by atoms with Gasteiger partial charge in [-0.3, -0.25) is 15.1 Å². The van der Waals surface area contributed by atoms with E-state index in [4.69, 9.17) is 4.74 Å². The number of anilines is 1. The van der Waals surface area contributed by atoms with Crippen LogP contribution in [0, 0.1) is 10.1 Å². The first-order valence-electron chi connectivity index (χ1n) is 6.69. The van der Waals surface area contributed by atoms with Crippen molar-refractivity contribution >= 4 is 22.1 Å². The Morgan fingerprint density at radius 1 is 1.43 bits per heavy atom. The summed E-state index contributed by atoms with van der Waals surface area (Å²) in [6, 6.07) is 5.03. The lowest BCUT2D eigenvalue weighted by atomic mass is 10.1. The van der Waals surface area contributed by atoms with Crippen LogP contribution in [-0.4, -0.2) is 47.4 Å². The van der Waals surface area contributed by atoms with Gasteiger partial charge in [-0.25, -0.2) is 0 Å². The molecule has 1 unspecified atom stereocenters. The van der Waals surface area contributed by atoms with Gasteiger partial charge in [-0.2, -0.15) is 0 Å². The molecule has 1 saturated heterocycles. The van der Waals surface area contributed by atoms with Crippen molar-refractivity contribution in [3.05, 3.63) is 40.7 Å². The second-order valence-electron chi connectivity index (χ2n) is 4.90. The SMILES string of the molecule is O=[N+]([O-])c1ccc(N2CCOC(CO)C2)c2ccncc12. The Kier molecular flexibility index (Phi) is 3.68. The highest BCUT2D eigenvalue weighted by Gasteiger charge is 2.23. The summed E-state index contributed by atoms with van der Waals surface area (Å²) in [7, 11) is 0. The van der Waals surface area contributed by atoms with E-state index in [2.05, 4.69) is 9.88 Å². The normalized spacial score (nSPS) is 18.9. The minimum atomic E-state index is -0.399. The van der Waals surface area contributed by atoms with Crippen molar-refractivity contribution in [2.24, 2.45) is 0 Å². The van der Waals surface area contributed by atoms with Crippen LogP contribution in [0.15, 0.2) is 30.6 Å². The van der Waals surface area contributed by atoms with Gasteiger partial charge < -0.3 is 14.7 Å². The minimum Gasteiger partial charge on any atom is -0.394 e. The van der Waals surface area contributed by atoms with E-state index in [-0.39, 0.29) is 18.4 Å². The summed E-state index contributed by atoms with van der Waals surface area (Å²) in [6.45, 7) is 1.73. The number of morpholine rings is 1. The van der Waals surface area contributed by atoms with E-state index in [0.29, 0.717) is 25.1 Å². The average molecular weight is 289 g/mol. The van der Waals surface area contributed by atoms with E-state index in [1.165, 1.54) is 12.3 Å². The van der Waals surface area contributed by atoms with Crippen molar-refractivity contribution in [1.29, 1.82) is 0 Å². The molecule has 2 heterocycles. The first-order valence-corrected chi connectivity index (χ1v) is 6.69. The molecule has 2 aromatic rings. The molecule has 21 heavy (non-hydrogen) atoms. The highest BCUT2D eigenvalue weighted by atomic mass is 16.6. The van der Waals surface area contributed by atoms with Gasteiger partial charge in [0.25, 0.3) is 5.69 Å². The van der Waals surface area contributed by atoms with Crippen LogP contribution >= 0.6 is 0 Å². The number of nitro benzene ring substituents is 1. The molecule has 1 aliphatic rings. The number of non-ortho nitro benzene ring substituents is 1. The Morgan fingerprint density at radius 3 is 3.05 bits per heavy atom. The molecule has 110 valence electrons. The molecule has 1 N–H and O–H groups in total. The number of fused-ring (bicyclic) bond motifs is 1. The molecule has 3 rings (SSSR count). The number of aliphatic hydroxyl groups is 1. The minimum absolute atomic E-state index is 0.0387. The lowest BCUT2D eigenvalue weighted by molar-refractivity contribution is -0.383. The van der Waals surface area contributed by atoms with E-state index in [1.54, 1.807) is 18.3 Å². The third-order valence-electron chi connectivity index (χ3n) is 3.65. The fourth-order valence-electron chi connectivity index (χ4n) is 2.64. The number of nitrogens with zero attached hydrogens (tertiary/aromatic N) is 3. The monoisotopic (exact) mass is 289 g/mol. The number of hydrogen-bond acceptors (Lipinski definition) is 6. The quantitative estimate of drug-likeness (QED) is 0.677. The Bertz CT molecular complexity index is 676. The second kappa shape index (κ2) is 5.63. The summed E-state index contributed by atoms with van der Waals surface area (Å²) in [5, 5.41) is 21.7. The van der Waals surface area contributed by atoms with Crippen molar-refractivity contribution in [2.75, 3.05) is 31.2 Å². The standard InChI is InChI=1S/C14H15N3O4/c18-9-10-8-16(5-6-21-10)13-1-2-14(17(19)20)12-7-15-4-3-11(12)13/h1-4,7,10,18H,5-6,8-9H2. The van der Waals surface area contributed by atoms with E-state index >= 15 is 0 Å². The van der Waals surface area contributed by atoms with Crippen LogP contribution in [0.1, 0.15) is 0 Å². The Hall–Kier alpha value is -2.25. The lowest BCUT2D eigenvalue weighted by Crippen LogP contribution is -2.44. The van der Waals surface area contributed by atoms with Gasteiger partial charge in [0.05, 0.1) is 29.6 Å². The van der Waals surface area contributed by atoms with Gasteiger partial charge in [0, 0.05) is 42.6 Å². The van der Waals surface area contributed by atoms with Gasteiger partial charge in [0.2, 0.25) is 0 Å². The average Bonchev–Trinajstić information content (AvgIpc) is 2.53. The van der Waals surface area contributed by atoms with Crippen LogP contribution in [0.25, 0.3) is 10.8 Å². The highest BCUT2D eigenvalue weighted by Crippen LogP contribution is 2.33. The molecule has 1 aromatic heterocycles. The maximum atomic E-state index is 11.1. The van der Waals surface area contributed by atoms with Crippen molar-refractivity contribution in [3.63, 3.8) is 0 Å². The van der Waals surface area contributed by atoms with Crippen LogP contribution < -0.4 is 4.90 Å². The van der Waals surface area contributed by atoms with E-state index in [1.807, 2.05) is 0 Å². The summed E-state index contributed by atoms with van der Waals surface area (Å²) in [5.74, 6) is 0. The third kappa shape index (κ3) is 2.53. The zero-order chi connectivity index (χ0) is 14.8. The lowest BCUT2D eigenvalue weighted by Gasteiger charge is -2.34. The predicted octanol–water partition coefficient (Wildman–Crippen LogP) is 1.34. The maximum absolute atomic E-state index is 11.1. The van der Waals surface area contributed by atoms with Crippen molar-refractivity contribution in [2.45, 2.75) is 6.10 Å². The summed E-state index contributed by atoms with van der Waals surface area (Å²) in [6.07, 6.45) is 2.91. The highest BCUT2D eigenvalue weighted by molar-refractivity contribution is 5.99. The molecule has 1 fully saturated rings. The number of nitro groups is 1. The third-order valence-corrected chi connectivity index (χ3v) is 3.65. The zero-order valence-electron chi connectivity index (χ0n) is 11.3. The first kappa shape index (κ1) is 13.7. The van der Waals surface area contributed by atoms with Crippen molar-refractivity contribution in [1.82, 2.24) is 4.98 Å². The largest absolute Gasteiger partial charge is 0.394 e. The molecule has 1 aliphatic heterocycles. The smallest absolute Gasteiger partial charge is 0.278 e. The number of pyridine rings is 1. The summed E-state index contributed by atoms with van der Waals surface area (Å²) in [4.78, 5) is 16.8. The van der Waals surface area contributed by atoms with Gasteiger partial charge >= 0.3 is 0 Å². The van der Waals surface area contributed by atoms with Crippen molar-refractivity contribution in [3.8, 4) is 0 Å². The van der Waals surface area contributed by atoms with Crippen LogP contribution in [0.5, 0.6) is 0 Å². The molecule has 7 nitrogen and oxygen atoms in total. The Balaban J connectivity index is 2.07. The number of benzene rings is 1. The van der Waals surface area contributed by atoms with Crippen LogP contribution in [0.3, 0.4) is 0 Å². The Labute approximate surface area is 120 Å². The Morgan fingerprint density at radius 2 is 2.29 bits per heavy atom. The molecule has 7 heteroatoms. The topological polar surface area (TPSA) is 88.7 Å². The van der Waals surface area contributed by atoms with Gasteiger partial charge in [-0.15, -0.1) is 0 Å². The maximum Gasteiger partial charge on any atom is 0.278 e. The van der Waals surface area contributed by atoms with Gasteiger partial charge in [-0.05, 0) is 12.1 Å². The fraction of sp³-hybridized carbons (Fsp3) is 0.357. The summed E-state index contributed by atoms with van der Waals surface area (Å²) in [5.41, 5.74) is 0.952. The predicted molar refractivity (Wildman–Crippen MR) is 77.4 cm³/mol. The van der Waals surface area contributed by atoms with Gasteiger partial charge in [0.1, 0.15) is 0 Å². The molecule has 0 bridgehead atoms. The first-order chi connectivity index (χ1) is 10.2. The molecular formula is C14H15N3O4. The number of ether oxygens (including phenoxy) is 1. The van der Waals surface area contributed by atoms with Crippen LogP contribution in [0.4, 0.5) is 11.4 Å². The molecule has 0 saturated carbocycles. The number of hydrogen-bond donors (Lipinski definition) is 1. The molecular weight excluding hydrogens is 274 g/mol. The molecule has 0 amide bonds. The molecule has 1 atom stereocenters. The molecule has 0 spiro atoms. The molecule has 0 radical (unpaired) electrons. The van der Waals surface area contributed by atoms with Crippen LogP contribution in [-0.2, 0) is 4.74 Å². The number of aliphatic hydroxyl groups excluding tert-OH is 1. The van der Waals surface area contributed by atoms with E-state index in [9.17, 15) is 15.2 Å². The van der Waals surface area contributed by atoms with Crippen LogP contribution in [0.2, 0.25) is 0 Å². The zero-order valence-corrected chi connectivity index (χ0v) is 11.3. The molecule has 1 aromatic carbocycles. The van der Waals surface area contributed by atoms with Gasteiger partial charge in [-0.1, -0.05) is 0 Å². The van der Waals surface area contributed by atoms with E-state index in [0.717, 1.165) is 11.1 Å². The molecule has 0 aliphatic carbocycles. The fourth-order valence-corrected chi connectivity index (χ4v) is 2.64. The number of aromatic nitrogens is 1. The van der Waals surface area contributed by atoms with E-state index < -0.39 is 4.92 Å².